The Morgan fingerprint density at radius 3 is 2.50 bits per heavy atom. The first-order chi connectivity index (χ1) is 5.57. The maximum absolute atomic E-state index is 10.7. The highest BCUT2D eigenvalue weighted by Gasteiger charge is 2.15. The number of carbonyl (C=O) groups excluding carboxylic acids is 1. The van der Waals surface area contributed by atoms with Gasteiger partial charge in [-0.15, -0.1) is 0 Å². The molecule has 2 N–H and O–H groups in total. The normalized spacial score (nSPS) is 12.2. The van der Waals surface area contributed by atoms with Crippen molar-refractivity contribution in [2.45, 2.75) is 25.9 Å². The van der Waals surface area contributed by atoms with Gasteiger partial charge >= 0.3 is 11.9 Å². The number of esters is 1. The Morgan fingerprint density at radius 2 is 2.08 bits per heavy atom. The lowest BCUT2D eigenvalue weighted by Crippen LogP contribution is -2.23. The molecule has 0 heterocycles. The van der Waals surface area contributed by atoms with Crippen LogP contribution >= 0.6 is 0 Å². The molecule has 5 nitrogen and oxygen atoms in total. The molecule has 0 saturated carbocycles. The molecule has 0 rings (SSSR count). The zero-order valence-corrected chi connectivity index (χ0v) is 6.82. The highest BCUT2D eigenvalue weighted by Crippen LogP contribution is 1.97. The average molecular weight is 176 g/mol. The fourth-order valence-electron chi connectivity index (χ4n) is 0.530. The SMILES string of the molecule is CC(OC(=O)CCCO)C(=O)O. The lowest BCUT2D eigenvalue weighted by molar-refractivity contribution is -0.162. The summed E-state index contributed by atoms with van der Waals surface area (Å²) in [5.41, 5.74) is 0. The van der Waals surface area contributed by atoms with Crippen molar-refractivity contribution in [2.75, 3.05) is 6.61 Å². The molecule has 0 spiro atoms. The number of carboxylic acid groups (broad SMARTS) is 1. The standard InChI is InChI=1S/C7H12O5/c1-5(7(10)11)12-6(9)3-2-4-8/h5,8H,2-4H2,1H3,(H,10,11). The van der Waals surface area contributed by atoms with Crippen LogP contribution < -0.4 is 0 Å². The van der Waals surface area contributed by atoms with Crippen molar-refractivity contribution in [2.24, 2.45) is 0 Å². The predicted molar refractivity (Wildman–Crippen MR) is 39.5 cm³/mol. The highest BCUT2D eigenvalue weighted by molar-refractivity contribution is 5.77. The van der Waals surface area contributed by atoms with Crippen molar-refractivity contribution < 1.29 is 24.5 Å². The van der Waals surface area contributed by atoms with E-state index in [2.05, 4.69) is 4.74 Å². The van der Waals surface area contributed by atoms with Gasteiger partial charge in [-0.3, -0.25) is 4.79 Å². The van der Waals surface area contributed by atoms with Crippen LogP contribution in [0.5, 0.6) is 0 Å². The van der Waals surface area contributed by atoms with E-state index >= 15 is 0 Å². The van der Waals surface area contributed by atoms with Crippen LogP contribution in [0.4, 0.5) is 0 Å². The third kappa shape index (κ3) is 4.68. The van der Waals surface area contributed by atoms with Crippen LogP contribution in [0.25, 0.3) is 0 Å². The minimum absolute atomic E-state index is 0.0497. The van der Waals surface area contributed by atoms with Crippen molar-refractivity contribution in [1.82, 2.24) is 0 Å². The molecule has 0 aliphatic heterocycles. The molecule has 0 aliphatic rings. The summed E-state index contributed by atoms with van der Waals surface area (Å²) >= 11 is 0. The first kappa shape index (κ1) is 10.9. The van der Waals surface area contributed by atoms with Gasteiger partial charge in [0.25, 0.3) is 0 Å². The fourth-order valence-corrected chi connectivity index (χ4v) is 0.530. The lowest BCUT2D eigenvalue weighted by Gasteiger charge is -2.07. The summed E-state index contributed by atoms with van der Waals surface area (Å²) in [5.74, 6) is -1.77. The number of carbonyl (C=O) groups is 2. The van der Waals surface area contributed by atoms with Gasteiger partial charge in [0.15, 0.2) is 6.10 Å². The molecule has 0 aliphatic carbocycles. The second-order valence-corrected chi connectivity index (χ2v) is 2.30. The molecule has 0 aromatic carbocycles. The number of rotatable bonds is 5. The van der Waals surface area contributed by atoms with Crippen molar-refractivity contribution in [3.8, 4) is 0 Å². The molecule has 12 heavy (non-hydrogen) atoms. The number of aliphatic hydroxyl groups is 1. The third-order valence-corrected chi connectivity index (χ3v) is 1.20. The summed E-state index contributed by atoms with van der Waals surface area (Å²) in [4.78, 5) is 20.9. The summed E-state index contributed by atoms with van der Waals surface area (Å²) in [6.45, 7) is 1.18. The molecule has 70 valence electrons. The second kappa shape index (κ2) is 5.54. The summed E-state index contributed by atoms with van der Waals surface area (Å²) in [7, 11) is 0. The van der Waals surface area contributed by atoms with Crippen LogP contribution in [-0.2, 0) is 14.3 Å². The van der Waals surface area contributed by atoms with Crippen LogP contribution in [-0.4, -0.2) is 34.9 Å². The number of hydrogen-bond donors (Lipinski definition) is 2. The Hall–Kier alpha value is -1.10. The van der Waals surface area contributed by atoms with E-state index in [4.69, 9.17) is 10.2 Å². The van der Waals surface area contributed by atoms with E-state index in [0.717, 1.165) is 0 Å². The van der Waals surface area contributed by atoms with Crippen molar-refractivity contribution in [1.29, 1.82) is 0 Å². The third-order valence-electron chi connectivity index (χ3n) is 1.20. The largest absolute Gasteiger partial charge is 0.479 e. The van der Waals surface area contributed by atoms with Gasteiger partial charge in [-0.1, -0.05) is 0 Å². The van der Waals surface area contributed by atoms with E-state index in [1.807, 2.05) is 0 Å². The highest BCUT2D eigenvalue weighted by atomic mass is 16.6. The predicted octanol–water partition coefficient (Wildman–Crippen LogP) is -0.225. The van der Waals surface area contributed by atoms with Gasteiger partial charge in [0, 0.05) is 13.0 Å². The van der Waals surface area contributed by atoms with Gasteiger partial charge in [-0.05, 0) is 13.3 Å². The van der Waals surface area contributed by atoms with Crippen LogP contribution in [0, 0.1) is 0 Å². The molecule has 0 aromatic rings. The van der Waals surface area contributed by atoms with Crippen LogP contribution in [0.15, 0.2) is 0 Å². The molecule has 5 heteroatoms. The molecule has 1 unspecified atom stereocenters. The van der Waals surface area contributed by atoms with Gasteiger partial charge in [0.1, 0.15) is 0 Å². The van der Waals surface area contributed by atoms with E-state index in [0.29, 0.717) is 6.42 Å². The molecular formula is C7H12O5. The average Bonchev–Trinajstić information content (AvgIpc) is 2.00. The fraction of sp³-hybridized carbons (Fsp3) is 0.714. The maximum atomic E-state index is 10.7. The summed E-state index contributed by atoms with van der Waals surface area (Å²) < 4.78 is 4.46. The smallest absolute Gasteiger partial charge is 0.344 e. The van der Waals surface area contributed by atoms with Crippen molar-refractivity contribution in [3.05, 3.63) is 0 Å². The number of carboxylic acids is 1. The Balaban J connectivity index is 3.61. The Morgan fingerprint density at radius 1 is 1.50 bits per heavy atom. The van der Waals surface area contributed by atoms with Crippen LogP contribution in [0.1, 0.15) is 19.8 Å². The zero-order valence-electron chi connectivity index (χ0n) is 6.82. The first-order valence-corrected chi connectivity index (χ1v) is 3.61. The van der Waals surface area contributed by atoms with Gasteiger partial charge < -0.3 is 14.9 Å². The lowest BCUT2D eigenvalue weighted by atomic mass is 10.3. The van der Waals surface area contributed by atoms with Gasteiger partial charge in [-0.25, -0.2) is 4.79 Å². The molecule has 0 bridgehead atoms. The van der Waals surface area contributed by atoms with Crippen molar-refractivity contribution >= 4 is 11.9 Å². The molecule has 0 amide bonds. The van der Waals surface area contributed by atoms with E-state index in [9.17, 15) is 9.59 Å². The van der Waals surface area contributed by atoms with E-state index in [1.54, 1.807) is 0 Å². The minimum atomic E-state index is -1.17. The molecule has 0 aromatic heterocycles. The molecular weight excluding hydrogens is 164 g/mol. The van der Waals surface area contributed by atoms with E-state index in [1.165, 1.54) is 6.92 Å². The van der Waals surface area contributed by atoms with E-state index in [-0.39, 0.29) is 13.0 Å². The van der Waals surface area contributed by atoms with Gasteiger partial charge in [-0.2, -0.15) is 0 Å². The Bertz CT molecular complexity index is 165. The van der Waals surface area contributed by atoms with Crippen LogP contribution in [0.2, 0.25) is 0 Å². The van der Waals surface area contributed by atoms with Gasteiger partial charge in [0.2, 0.25) is 0 Å². The summed E-state index contributed by atoms with van der Waals surface area (Å²) in [5, 5.41) is 16.7. The number of ether oxygens (including phenoxy) is 1. The topological polar surface area (TPSA) is 83.8 Å². The maximum Gasteiger partial charge on any atom is 0.344 e. The Labute approximate surface area is 70.0 Å². The number of aliphatic hydroxyl groups excluding tert-OH is 1. The number of aliphatic carboxylic acids is 1. The van der Waals surface area contributed by atoms with Crippen LogP contribution in [0.3, 0.4) is 0 Å². The quantitative estimate of drug-likeness (QED) is 0.565. The molecule has 0 radical (unpaired) electrons. The second-order valence-electron chi connectivity index (χ2n) is 2.30. The van der Waals surface area contributed by atoms with E-state index < -0.39 is 18.0 Å². The zero-order chi connectivity index (χ0) is 9.56. The minimum Gasteiger partial charge on any atom is -0.479 e. The molecule has 0 saturated heterocycles. The number of hydrogen-bond acceptors (Lipinski definition) is 4. The van der Waals surface area contributed by atoms with Crippen molar-refractivity contribution in [3.63, 3.8) is 0 Å². The summed E-state index contributed by atoms with van der Waals surface area (Å²) in [6, 6.07) is 0. The summed E-state index contributed by atoms with van der Waals surface area (Å²) in [6.07, 6.45) is -0.768. The molecule has 0 fully saturated rings. The Kier molecular flexibility index (Phi) is 5.03. The monoisotopic (exact) mass is 176 g/mol. The molecule has 1 atom stereocenters. The first-order valence-electron chi connectivity index (χ1n) is 3.61. The van der Waals surface area contributed by atoms with Gasteiger partial charge in [0.05, 0.1) is 0 Å².